The lowest BCUT2D eigenvalue weighted by Gasteiger charge is -2.18. The molecule has 0 amide bonds. The SMILES string of the molecule is Cc1c(C/C=C/C2CC2)ccc(OC2CC2)c1OC(F)(F)F. The van der Waals surface area contributed by atoms with Crippen LogP contribution in [0.4, 0.5) is 13.2 Å². The molecule has 1 aromatic carbocycles. The Morgan fingerprint density at radius 3 is 2.50 bits per heavy atom. The summed E-state index contributed by atoms with van der Waals surface area (Å²) in [5, 5.41) is 0. The first-order valence-electron chi connectivity index (χ1n) is 7.64. The second-order valence-corrected chi connectivity index (χ2v) is 6.01. The Kier molecular flexibility index (Phi) is 4.06. The van der Waals surface area contributed by atoms with E-state index in [-0.39, 0.29) is 17.6 Å². The van der Waals surface area contributed by atoms with Crippen LogP contribution >= 0.6 is 0 Å². The van der Waals surface area contributed by atoms with Crippen molar-refractivity contribution < 1.29 is 22.6 Å². The normalized spacial score (nSPS) is 18.7. The van der Waals surface area contributed by atoms with Crippen molar-refractivity contribution in [3.05, 3.63) is 35.4 Å². The van der Waals surface area contributed by atoms with E-state index in [4.69, 9.17) is 4.74 Å². The van der Waals surface area contributed by atoms with Crippen LogP contribution in [-0.4, -0.2) is 12.5 Å². The van der Waals surface area contributed by atoms with Crippen LogP contribution in [0.3, 0.4) is 0 Å². The predicted molar refractivity (Wildman–Crippen MR) is 77.1 cm³/mol. The molecule has 2 nitrogen and oxygen atoms in total. The molecule has 22 heavy (non-hydrogen) atoms. The van der Waals surface area contributed by atoms with Gasteiger partial charge in [-0.15, -0.1) is 13.2 Å². The second-order valence-electron chi connectivity index (χ2n) is 6.01. The van der Waals surface area contributed by atoms with Crippen LogP contribution < -0.4 is 9.47 Å². The van der Waals surface area contributed by atoms with Crippen LogP contribution in [0, 0.1) is 12.8 Å². The number of hydrogen-bond acceptors (Lipinski definition) is 2. The lowest BCUT2D eigenvalue weighted by Crippen LogP contribution is -2.19. The zero-order chi connectivity index (χ0) is 15.7. The summed E-state index contributed by atoms with van der Waals surface area (Å²) < 4.78 is 47.8. The Hall–Kier alpha value is -1.65. The molecule has 0 radical (unpaired) electrons. The molecule has 0 saturated heterocycles. The molecule has 0 unspecified atom stereocenters. The van der Waals surface area contributed by atoms with Gasteiger partial charge in [0.2, 0.25) is 0 Å². The van der Waals surface area contributed by atoms with E-state index in [1.807, 2.05) is 12.1 Å². The van der Waals surface area contributed by atoms with Gasteiger partial charge in [0.15, 0.2) is 11.5 Å². The van der Waals surface area contributed by atoms with Gasteiger partial charge in [0.1, 0.15) is 0 Å². The van der Waals surface area contributed by atoms with Gasteiger partial charge in [-0.25, -0.2) is 0 Å². The third kappa shape index (κ3) is 4.18. The van der Waals surface area contributed by atoms with Crippen LogP contribution in [0.25, 0.3) is 0 Å². The van der Waals surface area contributed by atoms with Gasteiger partial charge in [-0.05, 0) is 62.1 Å². The molecule has 1 aromatic rings. The third-order valence-corrected chi connectivity index (χ3v) is 3.89. The molecule has 3 rings (SSSR count). The Labute approximate surface area is 127 Å². The summed E-state index contributed by atoms with van der Waals surface area (Å²) in [6, 6.07) is 3.42. The largest absolute Gasteiger partial charge is 0.573 e. The van der Waals surface area contributed by atoms with E-state index < -0.39 is 6.36 Å². The van der Waals surface area contributed by atoms with Crippen molar-refractivity contribution in [3.8, 4) is 11.5 Å². The quantitative estimate of drug-likeness (QED) is 0.692. The minimum atomic E-state index is -4.71. The fourth-order valence-corrected chi connectivity index (χ4v) is 2.31. The molecule has 0 aromatic heterocycles. The summed E-state index contributed by atoms with van der Waals surface area (Å²) in [5.74, 6) is 0.646. The minimum Gasteiger partial charge on any atom is -0.487 e. The fourth-order valence-electron chi connectivity index (χ4n) is 2.31. The molecule has 0 atom stereocenters. The maximum Gasteiger partial charge on any atom is 0.573 e. The summed E-state index contributed by atoms with van der Waals surface area (Å²) >= 11 is 0. The molecule has 2 fully saturated rings. The van der Waals surface area contributed by atoms with Crippen LogP contribution in [0.1, 0.15) is 36.8 Å². The van der Waals surface area contributed by atoms with Gasteiger partial charge < -0.3 is 9.47 Å². The van der Waals surface area contributed by atoms with Gasteiger partial charge in [-0.3, -0.25) is 0 Å². The van der Waals surface area contributed by atoms with Gasteiger partial charge in [0.05, 0.1) is 6.10 Å². The van der Waals surface area contributed by atoms with Crippen LogP contribution in [0.15, 0.2) is 24.3 Å². The highest BCUT2D eigenvalue weighted by Crippen LogP contribution is 2.40. The lowest BCUT2D eigenvalue weighted by molar-refractivity contribution is -0.275. The van der Waals surface area contributed by atoms with Crippen LogP contribution in [-0.2, 0) is 6.42 Å². The molecule has 2 saturated carbocycles. The molecule has 0 heterocycles. The van der Waals surface area contributed by atoms with Crippen LogP contribution in [0.5, 0.6) is 11.5 Å². The molecule has 0 spiro atoms. The van der Waals surface area contributed by atoms with E-state index in [1.165, 1.54) is 12.8 Å². The minimum absolute atomic E-state index is 0.0237. The molecule has 0 bridgehead atoms. The molecular weight excluding hydrogens is 293 g/mol. The number of rotatable bonds is 6. The number of alkyl halides is 3. The highest BCUT2D eigenvalue weighted by molar-refractivity contribution is 5.51. The maximum atomic E-state index is 12.7. The summed E-state index contributed by atoms with van der Waals surface area (Å²) in [6.45, 7) is 1.65. The van der Waals surface area contributed by atoms with E-state index in [1.54, 1.807) is 13.0 Å². The van der Waals surface area contributed by atoms with Gasteiger partial charge in [-0.2, -0.15) is 0 Å². The van der Waals surface area contributed by atoms with Crippen molar-refractivity contribution in [1.29, 1.82) is 0 Å². The van der Waals surface area contributed by atoms with Crippen molar-refractivity contribution in [2.24, 2.45) is 5.92 Å². The highest BCUT2D eigenvalue weighted by atomic mass is 19.4. The van der Waals surface area contributed by atoms with Crippen molar-refractivity contribution in [2.45, 2.75) is 51.5 Å². The van der Waals surface area contributed by atoms with E-state index in [9.17, 15) is 13.2 Å². The molecule has 2 aliphatic carbocycles. The van der Waals surface area contributed by atoms with Gasteiger partial charge in [0.25, 0.3) is 0 Å². The summed E-state index contributed by atoms with van der Waals surface area (Å²) in [4.78, 5) is 0. The summed E-state index contributed by atoms with van der Waals surface area (Å²) in [7, 11) is 0. The first kappa shape index (κ1) is 15.3. The fraction of sp³-hybridized carbons (Fsp3) is 0.529. The number of ether oxygens (including phenoxy) is 2. The third-order valence-electron chi connectivity index (χ3n) is 3.89. The average molecular weight is 312 g/mol. The molecular formula is C17H19F3O2. The zero-order valence-corrected chi connectivity index (χ0v) is 12.5. The molecule has 0 N–H and O–H groups in total. The highest BCUT2D eigenvalue weighted by Gasteiger charge is 2.35. The Morgan fingerprint density at radius 2 is 1.91 bits per heavy atom. The average Bonchev–Trinajstić information content (AvgIpc) is 3.30. The van der Waals surface area contributed by atoms with Crippen LogP contribution in [0.2, 0.25) is 0 Å². The van der Waals surface area contributed by atoms with Crippen molar-refractivity contribution in [1.82, 2.24) is 0 Å². The first-order valence-corrected chi connectivity index (χ1v) is 7.64. The van der Waals surface area contributed by atoms with Gasteiger partial charge in [-0.1, -0.05) is 18.2 Å². The monoisotopic (exact) mass is 312 g/mol. The number of hydrogen-bond donors (Lipinski definition) is 0. The van der Waals surface area contributed by atoms with Gasteiger partial charge >= 0.3 is 6.36 Å². The Morgan fingerprint density at radius 1 is 1.18 bits per heavy atom. The zero-order valence-electron chi connectivity index (χ0n) is 12.5. The summed E-state index contributed by atoms with van der Waals surface area (Å²) in [5.41, 5.74) is 1.33. The van der Waals surface area contributed by atoms with Crippen molar-refractivity contribution in [3.63, 3.8) is 0 Å². The predicted octanol–water partition coefficient (Wildman–Crippen LogP) is 4.94. The second kappa shape index (κ2) is 5.86. The molecule has 5 heteroatoms. The molecule has 0 aliphatic heterocycles. The lowest BCUT2D eigenvalue weighted by atomic mass is 10.0. The van der Waals surface area contributed by atoms with E-state index in [0.717, 1.165) is 18.4 Å². The van der Waals surface area contributed by atoms with E-state index in [2.05, 4.69) is 10.8 Å². The smallest absolute Gasteiger partial charge is 0.487 e. The number of halogens is 3. The van der Waals surface area contributed by atoms with Gasteiger partial charge in [0, 0.05) is 0 Å². The Bertz CT molecular complexity index is 570. The summed E-state index contributed by atoms with van der Waals surface area (Å²) in [6.07, 6.45) is 4.28. The molecule has 2 aliphatic rings. The van der Waals surface area contributed by atoms with E-state index in [0.29, 0.717) is 17.9 Å². The van der Waals surface area contributed by atoms with Crippen molar-refractivity contribution in [2.75, 3.05) is 0 Å². The maximum absolute atomic E-state index is 12.7. The Balaban J connectivity index is 1.82. The number of benzene rings is 1. The standard InChI is InChI=1S/C17H19F3O2/c1-11-13(4-2-3-12-5-6-12)7-10-15(21-14-8-9-14)16(11)22-17(18,19)20/h2-3,7,10,12,14H,4-6,8-9H2,1H3/b3-2+. The molecule has 120 valence electrons. The topological polar surface area (TPSA) is 18.5 Å². The first-order chi connectivity index (χ1) is 10.4. The van der Waals surface area contributed by atoms with E-state index >= 15 is 0 Å². The number of allylic oxidation sites excluding steroid dienone is 2. The van der Waals surface area contributed by atoms with Crippen molar-refractivity contribution >= 4 is 0 Å².